The van der Waals surface area contributed by atoms with Crippen molar-refractivity contribution in [3.8, 4) is 0 Å². The molecular formula is C5H9ClO3. The van der Waals surface area contributed by atoms with Gasteiger partial charge >= 0.3 is 5.97 Å². The molecule has 0 amide bonds. The number of carbonyl (C=O) groups excluding carboxylic acids is 1. The predicted molar refractivity (Wildman–Crippen MR) is 32.9 cm³/mol. The smallest absolute Gasteiger partial charge is 0.324 e. The van der Waals surface area contributed by atoms with E-state index in [4.69, 9.17) is 17.0 Å². The van der Waals surface area contributed by atoms with Gasteiger partial charge in [-0.2, -0.15) is 0 Å². The quantitative estimate of drug-likeness (QED) is 0.608. The summed E-state index contributed by atoms with van der Waals surface area (Å²) in [6.45, 7) is 0.107. The van der Waals surface area contributed by atoms with Crippen LogP contribution in [-0.2, 0) is 9.08 Å². The van der Waals surface area contributed by atoms with Crippen LogP contribution in [0.2, 0.25) is 0 Å². The van der Waals surface area contributed by atoms with Gasteiger partial charge in [0.2, 0.25) is 0 Å². The van der Waals surface area contributed by atoms with Crippen molar-refractivity contribution in [1.82, 2.24) is 0 Å². The second-order valence-electron chi connectivity index (χ2n) is 1.63. The highest BCUT2D eigenvalue weighted by atomic mass is 35.5. The Kier molecular flexibility index (Phi) is 5.67. The van der Waals surface area contributed by atoms with Gasteiger partial charge in [-0.3, -0.25) is 4.79 Å². The monoisotopic (exact) mass is 152 g/mol. The Hall–Kier alpha value is -0.280. The molecule has 0 saturated heterocycles. The zero-order valence-corrected chi connectivity index (χ0v) is 5.73. The van der Waals surface area contributed by atoms with Gasteiger partial charge in [-0.25, -0.2) is 0 Å². The Labute approximate surface area is 58.7 Å². The average molecular weight is 153 g/mol. The molecule has 0 aromatic heterocycles. The molecule has 0 aromatic rings. The second kappa shape index (κ2) is 5.85. The van der Waals surface area contributed by atoms with Crippen LogP contribution in [-0.4, -0.2) is 17.7 Å². The standard InChI is InChI=1S/C5H9ClO3/c6-9-5(8)3-1-2-4-7/h7H,1-4H2. The molecule has 0 aromatic carbocycles. The van der Waals surface area contributed by atoms with E-state index >= 15 is 0 Å². The molecular weight excluding hydrogens is 144 g/mol. The number of halogens is 1. The minimum atomic E-state index is -0.440. The molecule has 0 bridgehead atoms. The molecule has 0 fully saturated rings. The number of aliphatic hydroxyl groups is 1. The highest BCUT2D eigenvalue weighted by Gasteiger charge is 1.98. The molecule has 0 rings (SSSR count). The summed E-state index contributed by atoms with van der Waals surface area (Å²) in [6.07, 6.45) is 1.53. The molecule has 9 heavy (non-hydrogen) atoms. The molecule has 0 spiro atoms. The topological polar surface area (TPSA) is 46.5 Å². The van der Waals surface area contributed by atoms with Crippen LogP contribution < -0.4 is 0 Å². The summed E-state index contributed by atoms with van der Waals surface area (Å²) in [5, 5.41) is 8.27. The van der Waals surface area contributed by atoms with E-state index < -0.39 is 5.97 Å². The molecule has 54 valence electrons. The van der Waals surface area contributed by atoms with Crippen molar-refractivity contribution >= 4 is 17.8 Å². The Balaban J connectivity index is 2.97. The van der Waals surface area contributed by atoms with E-state index in [0.29, 0.717) is 12.8 Å². The largest absolute Gasteiger partial charge is 0.396 e. The Morgan fingerprint density at radius 2 is 2.22 bits per heavy atom. The molecule has 0 heterocycles. The summed E-state index contributed by atoms with van der Waals surface area (Å²) in [5.74, 6) is -0.440. The molecule has 0 radical (unpaired) electrons. The van der Waals surface area contributed by atoms with Gasteiger partial charge < -0.3 is 9.40 Å². The summed E-state index contributed by atoms with van der Waals surface area (Å²) in [4.78, 5) is 10.3. The average Bonchev–Trinajstić information content (AvgIpc) is 1.89. The lowest BCUT2D eigenvalue weighted by molar-refractivity contribution is -0.134. The minimum absolute atomic E-state index is 0.107. The van der Waals surface area contributed by atoms with Crippen molar-refractivity contribution in [2.24, 2.45) is 0 Å². The molecule has 0 saturated carbocycles. The second-order valence-corrected chi connectivity index (χ2v) is 1.78. The van der Waals surface area contributed by atoms with E-state index in [9.17, 15) is 4.79 Å². The summed E-state index contributed by atoms with van der Waals surface area (Å²) in [7, 11) is 0. The van der Waals surface area contributed by atoms with Crippen molar-refractivity contribution in [2.45, 2.75) is 19.3 Å². The molecule has 0 aliphatic rings. The first-order valence-electron chi connectivity index (χ1n) is 2.73. The lowest BCUT2D eigenvalue weighted by atomic mass is 10.2. The molecule has 0 aliphatic carbocycles. The molecule has 0 unspecified atom stereocenters. The fourth-order valence-corrected chi connectivity index (χ4v) is 0.497. The van der Waals surface area contributed by atoms with Gasteiger partial charge in [0.1, 0.15) is 11.9 Å². The normalized spacial score (nSPS) is 9.11. The van der Waals surface area contributed by atoms with E-state index in [1.54, 1.807) is 0 Å². The number of rotatable bonds is 4. The van der Waals surface area contributed by atoms with Gasteiger partial charge in [0, 0.05) is 13.0 Å². The van der Waals surface area contributed by atoms with Crippen LogP contribution in [0.1, 0.15) is 19.3 Å². The molecule has 0 aliphatic heterocycles. The molecule has 3 nitrogen and oxygen atoms in total. The number of hydrogen-bond acceptors (Lipinski definition) is 3. The van der Waals surface area contributed by atoms with Crippen molar-refractivity contribution in [2.75, 3.05) is 6.61 Å². The van der Waals surface area contributed by atoms with Crippen LogP contribution in [0.3, 0.4) is 0 Å². The highest BCUT2D eigenvalue weighted by molar-refractivity contribution is 6.13. The van der Waals surface area contributed by atoms with E-state index in [1.807, 2.05) is 0 Å². The third-order valence-corrected chi connectivity index (χ3v) is 1.05. The molecule has 4 heteroatoms. The van der Waals surface area contributed by atoms with Gasteiger partial charge in [0.15, 0.2) is 0 Å². The fraction of sp³-hybridized carbons (Fsp3) is 0.800. The number of hydrogen-bond donors (Lipinski definition) is 1. The summed E-state index contributed by atoms with van der Waals surface area (Å²) >= 11 is 4.72. The Bertz CT molecular complexity index is 84.3. The van der Waals surface area contributed by atoms with Crippen molar-refractivity contribution in [3.05, 3.63) is 0 Å². The van der Waals surface area contributed by atoms with Crippen LogP contribution in [0.4, 0.5) is 0 Å². The van der Waals surface area contributed by atoms with Crippen LogP contribution >= 0.6 is 11.9 Å². The first-order valence-corrected chi connectivity index (χ1v) is 3.04. The minimum Gasteiger partial charge on any atom is -0.396 e. The summed E-state index contributed by atoms with van der Waals surface area (Å²) in [5.41, 5.74) is 0. The van der Waals surface area contributed by atoms with Gasteiger partial charge in [-0.15, -0.1) is 0 Å². The third kappa shape index (κ3) is 5.59. The SMILES string of the molecule is O=C(CCCCO)OCl. The van der Waals surface area contributed by atoms with Gasteiger partial charge in [-0.1, -0.05) is 0 Å². The van der Waals surface area contributed by atoms with Gasteiger partial charge in [-0.05, 0) is 12.8 Å². The van der Waals surface area contributed by atoms with Crippen molar-refractivity contribution in [1.29, 1.82) is 0 Å². The maximum atomic E-state index is 10.3. The number of unbranched alkanes of at least 4 members (excludes halogenated alkanes) is 1. The molecule has 0 atom stereocenters. The zero-order chi connectivity index (χ0) is 7.11. The summed E-state index contributed by atoms with van der Waals surface area (Å²) < 4.78 is 3.85. The van der Waals surface area contributed by atoms with E-state index in [0.717, 1.165) is 0 Å². The van der Waals surface area contributed by atoms with Crippen LogP contribution in [0, 0.1) is 0 Å². The number of carbonyl (C=O) groups is 1. The maximum absolute atomic E-state index is 10.3. The Morgan fingerprint density at radius 1 is 1.56 bits per heavy atom. The Morgan fingerprint density at radius 3 is 2.67 bits per heavy atom. The van der Waals surface area contributed by atoms with E-state index in [2.05, 4.69) is 4.29 Å². The van der Waals surface area contributed by atoms with Crippen LogP contribution in [0.5, 0.6) is 0 Å². The number of aliphatic hydroxyl groups excluding tert-OH is 1. The predicted octanol–water partition coefficient (Wildman–Crippen LogP) is 0.846. The van der Waals surface area contributed by atoms with Gasteiger partial charge in [0.05, 0.1) is 0 Å². The van der Waals surface area contributed by atoms with Gasteiger partial charge in [0.25, 0.3) is 0 Å². The first-order chi connectivity index (χ1) is 4.31. The van der Waals surface area contributed by atoms with Crippen molar-refractivity contribution in [3.63, 3.8) is 0 Å². The van der Waals surface area contributed by atoms with Crippen LogP contribution in [0.15, 0.2) is 0 Å². The lowest BCUT2D eigenvalue weighted by Crippen LogP contribution is -1.96. The summed E-state index contributed by atoms with van der Waals surface area (Å²) in [6, 6.07) is 0. The van der Waals surface area contributed by atoms with Crippen LogP contribution in [0.25, 0.3) is 0 Å². The molecule has 1 N–H and O–H groups in total. The lowest BCUT2D eigenvalue weighted by Gasteiger charge is -1.92. The highest BCUT2D eigenvalue weighted by Crippen LogP contribution is 1.97. The first kappa shape index (κ1) is 8.72. The zero-order valence-electron chi connectivity index (χ0n) is 4.97. The fourth-order valence-electron chi connectivity index (χ4n) is 0.420. The van der Waals surface area contributed by atoms with E-state index in [-0.39, 0.29) is 13.0 Å². The van der Waals surface area contributed by atoms with E-state index in [1.165, 1.54) is 0 Å². The third-order valence-electron chi connectivity index (χ3n) is 0.875. The maximum Gasteiger partial charge on any atom is 0.324 e. The van der Waals surface area contributed by atoms with Crippen molar-refractivity contribution < 1.29 is 14.2 Å².